The molecule has 2 aromatic rings. The SMILES string of the molecule is C#CCOC(=O)Nc1cccc(C2C(C#N)c3ccc(OC)cc3N2C(C)C)c1. The van der Waals surface area contributed by atoms with Crippen molar-refractivity contribution in [2.45, 2.75) is 31.8 Å². The largest absolute Gasteiger partial charge is 0.497 e. The number of nitrogens with zero attached hydrogens (tertiary/aromatic N) is 2. The Balaban J connectivity index is 1.99. The molecule has 1 amide bonds. The minimum absolute atomic E-state index is 0.0943. The molecule has 0 bridgehead atoms. The first-order valence-electron chi connectivity index (χ1n) is 9.33. The maximum atomic E-state index is 11.8. The van der Waals surface area contributed by atoms with E-state index in [4.69, 9.17) is 15.9 Å². The number of benzene rings is 2. The highest BCUT2D eigenvalue weighted by Gasteiger charge is 2.41. The number of methoxy groups -OCH3 is 1. The lowest BCUT2D eigenvalue weighted by molar-refractivity contribution is 0.176. The third-order valence-corrected chi connectivity index (χ3v) is 4.92. The molecule has 0 aromatic heterocycles. The van der Waals surface area contributed by atoms with E-state index < -0.39 is 6.09 Å². The molecule has 0 saturated carbocycles. The molecule has 2 atom stereocenters. The molecule has 3 rings (SSSR count). The van der Waals surface area contributed by atoms with Gasteiger partial charge in [-0.25, -0.2) is 4.79 Å². The topological polar surface area (TPSA) is 74.6 Å². The van der Waals surface area contributed by atoms with Crippen LogP contribution in [0.15, 0.2) is 42.5 Å². The van der Waals surface area contributed by atoms with Gasteiger partial charge >= 0.3 is 6.09 Å². The van der Waals surface area contributed by atoms with Crippen LogP contribution in [-0.2, 0) is 4.74 Å². The van der Waals surface area contributed by atoms with Crippen molar-refractivity contribution >= 4 is 17.5 Å². The van der Waals surface area contributed by atoms with Crippen molar-refractivity contribution in [3.8, 4) is 24.2 Å². The van der Waals surface area contributed by atoms with Crippen molar-refractivity contribution < 1.29 is 14.3 Å². The predicted molar refractivity (Wildman–Crippen MR) is 112 cm³/mol. The van der Waals surface area contributed by atoms with Crippen LogP contribution in [-0.4, -0.2) is 25.9 Å². The van der Waals surface area contributed by atoms with Crippen LogP contribution >= 0.6 is 0 Å². The van der Waals surface area contributed by atoms with Gasteiger partial charge in [-0.05, 0) is 43.2 Å². The average molecular weight is 389 g/mol. The van der Waals surface area contributed by atoms with Gasteiger partial charge in [0.1, 0.15) is 5.75 Å². The number of terminal acetylenes is 1. The summed E-state index contributed by atoms with van der Waals surface area (Å²) in [5.74, 6) is 2.66. The van der Waals surface area contributed by atoms with Gasteiger partial charge < -0.3 is 14.4 Å². The molecule has 2 unspecified atom stereocenters. The summed E-state index contributed by atoms with van der Waals surface area (Å²) in [4.78, 5) is 14.1. The van der Waals surface area contributed by atoms with Crippen molar-refractivity contribution in [2.75, 3.05) is 23.9 Å². The van der Waals surface area contributed by atoms with Crippen LogP contribution in [0, 0.1) is 23.7 Å². The molecular formula is C23H23N3O3. The number of carbonyl (C=O) groups excluding carboxylic acids is 1. The highest BCUT2D eigenvalue weighted by atomic mass is 16.5. The van der Waals surface area contributed by atoms with Crippen LogP contribution < -0.4 is 15.0 Å². The Hall–Kier alpha value is -3.64. The van der Waals surface area contributed by atoms with Crippen LogP contribution in [0.3, 0.4) is 0 Å². The minimum Gasteiger partial charge on any atom is -0.497 e. The second-order valence-corrected chi connectivity index (χ2v) is 7.01. The van der Waals surface area contributed by atoms with Gasteiger partial charge in [-0.15, -0.1) is 6.42 Å². The van der Waals surface area contributed by atoms with Gasteiger partial charge in [0.25, 0.3) is 0 Å². The second-order valence-electron chi connectivity index (χ2n) is 7.01. The van der Waals surface area contributed by atoms with E-state index in [9.17, 15) is 10.1 Å². The van der Waals surface area contributed by atoms with Gasteiger partial charge in [0.15, 0.2) is 6.61 Å². The Morgan fingerprint density at radius 2 is 2.10 bits per heavy atom. The molecule has 0 fully saturated rings. The molecule has 0 saturated heterocycles. The van der Waals surface area contributed by atoms with Crippen LogP contribution in [0.1, 0.15) is 36.9 Å². The van der Waals surface area contributed by atoms with Crippen molar-refractivity contribution in [1.82, 2.24) is 0 Å². The fourth-order valence-electron chi connectivity index (χ4n) is 3.77. The van der Waals surface area contributed by atoms with E-state index in [1.807, 2.05) is 36.4 Å². The molecule has 0 aliphatic carbocycles. The lowest BCUT2D eigenvalue weighted by atomic mass is 9.91. The highest BCUT2D eigenvalue weighted by molar-refractivity contribution is 5.85. The first-order chi connectivity index (χ1) is 14.0. The van der Waals surface area contributed by atoms with Crippen molar-refractivity contribution in [3.05, 3.63) is 53.6 Å². The summed E-state index contributed by atoms with van der Waals surface area (Å²) in [5.41, 5.74) is 3.47. The van der Waals surface area contributed by atoms with Gasteiger partial charge in [-0.3, -0.25) is 5.32 Å². The number of amides is 1. The molecule has 6 nitrogen and oxygen atoms in total. The van der Waals surface area contributed by atoms with Gasteiger partial charge in [0.2, 0.25) is 0 Å². The number of anilines is 2. The molecule has 29 heavy (non-hydrogen) atoms. The van der Waals surface area contributed by atoms with Crippen molar-refractivity contribution in [1.29, 1.82) is 5.26 Å². The zero-order valence-electron chi connectivity index (χ0n) is 16.7. The van der Waals surface area contributed by atoms with E-state index in [2.05, 4.69) is 36.1 Å². The fourth-order valence-corrected chi connectivity index (χ4v) is 3.77. The molecule has 1 heterocycles. The molecule has 2 aromatic carbocycles. The molecule has 1 N–H and O–H groups in total. The molecule has 1 aliphatic heterocycles. The Labute approximate surface area is 171 Å². The first-order valence-corrected chi connectivity index (χ1v) is 9.33. The Morgan fingerprint density at radius 1 is 1.31 bits per heavy atom. The lowest BCUT2D eigenvalue weighted by Crippen LogP contribution is -2.33. The van der Waals surface area contributed by atoms with E-state index >= 15 is 0 Å². The maximum absolute atomic E-state index is 11.8. The van der Waals surface area contributed by atoms with E-state index in [0.29, 0.717) is 5.69 Å². The van der Waals surface area contributed by atoms with Gasteiger partial charge in [0, 0.05) is 23.5 Å². The smallest absolute Gasteiger partial charge is 0.412 e. The summed E-state index contributed by atoms with van der Waals surface area (Å²) in [7, 11) is 1.63. The van der Waals surface area contributed by atoms with E-state index in [-0.39, 0.29) is 24.6 Å². The molecule has 0 spiro atoms. The van der Waals surface area contributed by atoms with Crippen LogP contribution in [0.5, 0.6) is 5.75 Å². The quantitative estimate of drug-likeness (QED) is 0.765. The van der Waals surface area contributed by atoms with Crippen molar-refractivity contribution in [3.63, 3.8) is 0 Å². The monoisotopic (exact) mass is 389 g/mol. The summed E-state index contributed by atoms with van der Waals surface area (Å²) in [6.45, 7) is 4.09. The average Bonchev–Trinajstić information content (AvgIpc) is 3.06. The zero-order chi connectivity index (χ0) is 21.0. The number of rotatable bonds is 5. The number of ether oxygens (including phenoxy) is 2. The van der Waals surface area contributed by atoms with E-state index in [1.165, 1.54) is 0 Å². The maximum Gasteiger partial charge on any atom is 0.412 e. The lowest BCUT2D eigenvalue weighted by Gasteiger charge is -2.33. The third kappa shape index (κ3) is 3.97. The molecule has 148 valence electrons. The standard InChI is InChI=1S/C23H23N3O3/c1-5-11-29-23(27)25-17-8-6-7-16(12-17)22-20(14-24)19-10-9-18(28-4)13-21(19)26(22)15(2)3/h1,6-10,12-13,15,20,22H,11H2,2-4H3,(H,25,27). The summed E-state index contributed by atoms with van der Waals surface area (Å²) < 4.78 is 10.3. The van der Waals surface area contributed by atoms with Gasteiger partial charge in [0.05, 0.1) is 25.1 Å². The second kappa shape index (κ2) is 8.58. The zero-order valence-corrected chi connectivity index (χ0v) is 16.7. The third-order valence-electron chi connectivity index (χ3n) is 4.92. The van der Waals surface area contributed by atoms with Crippen LogP contribution in [0.4, 0.5) is 16.2 Å². The number of hydrogen-bond donors (Lipinski definition) is 1. The van der Waals surface area contributed by atoms with Crippen molar-refractivity contribution in [2.24, 2.45) is 0 Å². The summed E-state index contributed by atoms with van der Waals surface area (Å²) in [5, 5.41) is 12.6. The summed E-state index contributed by atoms with van der Waals surface area (Å²) in [6, 6.07) is 15.7. The number of nitrogens with one attached hydrogen (secondary N) is 1. The highest BCUT2D eigenvalue weighted by Crippen LogP contribution is 2.50. The molecular weight excluding hydrogens is 366 g/mol. The molecule has 0 radical (unpaired) electrons. The minimum atomic E-state index is -0.614. The Kier molecular flexibility index (Phi) is 5.95. The van der Waals surface area contributed by atoms with Crippen LogP contribution in [0.2, 0.25) is 0 Å². The number of hydrogen-bond acceptors (Lipinski definition) is 5. The normalized spacial score (nSPS) is 17.2. The number of carbonyl (C=O) groups is 1. The fraction of sp³-hybridized carbons (Fsp3) is 0.304. The first kappa shape index (κ1) is 20.1. The van der Waals surface area contributed by atoms with E-state index in [0.717, 1.165) is 22.6 Å². The predicted octanol–water partition coefficient (Wildman–Crippen LogP) is 4.45. The molecule has 6 heteroatoms. The Morgan fingerprint density at radius 3 is 2.76 bits per heavy atom. The van der Waals surface area contributed by atoms with Gasteiger partial charge in [-0.1, -0.05) is 24.1 Å². The molecule has 1 aliphatic rings. The van der Waals surface area contributed by atoms with E-state index in [1.54, 1.807) is 13.2 Å². The Bertz CT molecular complexity index is 988. The van der Waals surface area contributed by atoms with Crippen LogP contribution in [0.25, 0.3) is 0 Å². The van der Waals surface area contributed by atoms with Gasteiger partial charge in [-0.2, -0.15) is 5.26 Å². The summed E-state index contributed by atoms with van der Waals surface area (Å²) in [6.07, 6.45) is 4.50. The number of nitriles is 1. The summed E-state index contributed by atoms with van der Waals surface area (Å²) >= 11 is 0. The number of fused-ring (bicyclic) bond motifs is 1.